The molecule has 0 atom stereocenters. The number of carbonyl (C=O) groups excluding carboxylic acids is 2. The summed E-state index contributed by atoms with van der Waals surface area (Å²) in [6.45, 7) is 1.19. The van der Waals surface area contributed by atoms with Gasteiger partial charge in [0.15, 0.2) is 0 Å². The van der Waals surface area contributed by atoms with Crippen molar-refractivity contribution in [2.45, 2.75) is 25.6 Å². The molecule has 82 valence electrons. The van der Waals surface area contributed by atoms with Gasteiger partial charge in [-0.3, -0.25) is 9.59 Å². The van der Waals surface area contributed by atoms with Crippen LogP contribution in [0.4, 0.5) is 13.2 Å². The summed E-state index contributed by atoms with van der Waals surface area (Å²) < 4.78 is 35.1. The minimum absolute atomic E-state index is 0.257. The third-order valence-electron chi connectivity index (χ3n) is 1.44. The van der Waals surface area contributed by atoms with Crippen LogP contribution in [0.1, 0.15) is 13.8 Å². The van der Waals surface area contributed by atoms with Crippen molar-refractivity contribution in [3.63, 3.8) is 0 Å². The minimum atomic E-state index is -4.45. The lowest BCUT2D eigenvalue weighted by Gasteiger charge is -2.22. The van der Waals surface area contributed by atoms with Crippen LogP contribution in [0.2, 0.25) is 0 Å². The highest BCUT2D eigenvalue weighted by molar-refractivity contribution is 5.87. The van der Waals surface area contributed by atoms with E-state index >= 15 is 0 Å². The zero-order valence-corrected chi connectivity index (χ0v) is 7.73. The Bertz CT molecular complexity index is 225. The maximum absolute atomic E-state index is 11.7. The van der Waals surface area contributed by atoms with Crippen molar-refractivity contribution in [1.82, 2.24) is 10.6 Å². The number of rotatable bonds is 4. The van der Waals surface area contributed by atoms with Crippen molar-refractivity contribution in [1.29, 1.82) is 0 Å². The summed E-state index contributed by atoms with van der Waals surface area (Å²) in [5, 5.41) is 3.76. The fraction of sp³-hybridized carbons (Fsp3) is 0.714. The number of alkyl halides is 3. The molecule has 0 aromatic carbocycles. The van der Waals surface area contributed by atoms with Crippen LogP contribution in [-0.4, -0.2) is 30.6 Å². The Kier molecular flexibility index (Phi) is 3.91. The van der Waals surface area contributed by atoms with E-state index in [1.54, 1.807) is 5.32 Å². The average Bonchev–Trinajstić information content (AvgIpc) is 1.98. The van der Waals surface area contributed by atoms with Crippen molar-refractivity contribution in [3.05, 3.63) is 0 Å². The quantitative estimate of drug-likeness (QED) is 0.653. The molecular weight excluding hydrogens is 201 g/mol. The summed E-state index contributed by atoms with van der Waals surface area (Å²) in [5.74, 6) is -0.887. The Balaban J connectivity index is 4.14. The lowest BCUT2D eigenvalue weighted by atomic mass is 10.1. The lowest BCUT2D eigenvalue weighted by Crippen LogP contribution is -2.53. The smallest absolute Gasteiger partial charge is 0.345 e. The van der Waals surface area contributed by atoms with Crippen LogP contribution >= 0.6 is 0 Å². The zero-order chi connectivity index (χ0) is 11.4. The Morgan fingerprint density at radius 1 is 1.36 bits per heavy atom. The van der Waals surface area contributed by atoms with Gasteiger partial charge in [-0.15, -0.1) is 0 Å². The van der Waals surface area contributed by atoms with Crippen molar-refractivity contribution in [3.8, 4) is 0 Å². The number of hydrogen-bond acceptors (Lipinski definition) is 2. The highest BCUT2D eigenvalue weighted by atomic mass is 19.4. The second-order valence-electron chi connectivity index (χ2n) is 3.19. The van der Waals surface area contributed by atoms with Crippen LogP contribution in [0.15, 0.2) is 0 Å². The van der Waals surface area contributed by atoms with Crippen LogP contribution in [0, 0.1) is 0 Å². The maximum atomic E-state index is 11.7. The van der Waals surface area contributed by atoms with Crippen molar-refractivity contribution in [2.24, 2.45) is 0 Å². The van der Waals surface area contributed by atoms with E-state index in [9.17, 15) is 22.8 Å². The van der Waals surface area contributed by atoms with Crippen molar-refractivity contribution < 1.29 is 22.8 Å². The van der Waals surface area contributed by atoms with E-state index in [1.165, 1.54) is 13.8 Å². The molecule has 4 nitrogen and oxygen atoms in total. The summed E-state index contributed by atoms with van der Waals surface area (Å²) in [5.41, 5.74) is -1.34. The molecule has 0 aromatic rings. The fourth-order valence-electron chi connectivity index (χ4n) is 0.614. The molecule has 7 heteroatoms. The van der Waals surface area contributed by atoms with E-state index in [0.29, 0.717) is 0 Å². The minimum Gasteiger partial charge on any atom is -0.345 e. The molecule has 0 saturated heterocycles. The molecular formula is C7H11F3N2O2. The van der Waals surface area contributed by atoms with Gasteiger partial charge in [0.1, 0.15) is 12.1 Å². The topological polar surface area (TPSA) is 58.2 Å². The van der Waals surface area contributed by atoms with Gasteiger partial charge in [-0.2, -0.15) is 13.2 Å². The third kappa shape index (κ3) is 4.68. The summed E-state index contributed by atoms with van der Waals surface area (Å²) in [6, 6.07) is 0. The van der Waals surface area contributed by atoms with E-state index in [2.05, 4.69) is 5.32 Å². The molecule has 0 heterocycles. The molecule has 0 unspecified atom stereocenters. The molecule has 0 aromatic heterocycles. The standard InChI is InChI=1S/C7H11F3N2O2/c1-6(2,12-4-13)5(14)11-3-7(8,9)10/h4H,3H2,1-2H3,(H,11,14)(H,12,13). The third-order valence-corrected chi connectivity index (χ3v) is 1.44. The second-order valence-corrected chi connectivity index (χ2v) is 3.19. The highest BCUT2D eigenvalue weighted by Gasteiger charge is 2.32. The molecule has 2 amide bonds. The molecule has 0 spiro atoms. The zero-order valence-electron chi connectivity index (χ0n) is 7.73. The molecule has 0 aliphatic heterocycles. The van der Waals surface area contributed by atoms with E-state index in [1.807, 2.05) is 0 Å². The molecule has 0 saturated carbocycles. The van der Waals surface area contributed by atoms with Gasteiger partial charge in [-0.25, -0.2) is 0 Å². The van der Waals surface area contributed by atoms with E-state index in [4.69, 9.17) is 0 Å². The molecule has 14 heavy (non-hydrogen) atoms. The van der Waals surface area contributed by atoms with Gasteiger partial charge in [-0.05, 0) is 13.8 Å². The summed E-state index contributed by atoms with van der Waals surface area (Å²) in [7, 11) is 0. The van der Waals surface area contributed by atoms with Crippen LogP contribution in [0.3, 0.4) is 0 Å². The monoisotopic (exact) mass is 212 g/mol. The fourth-order valence-corrected chi connectivity index (χ4v) is 0.614. The Morgan fingerprint density at radius 3 is 2.21 bits per heavy atom. The Labute approximate surface area is 78.8 Å². The van der Waals surface area contributed by atoms with E-state index in [0.717, 1.165) is 0 Å². The van der Waals surface area contributed by atoms with Crippen LogP contribution in [0.5, 0.6) is 0 Å². The maximum Gasteiger partial charge on any atom is 0.405 e. The second kappa shape index (κ2) is 4.30. The largest absolute Gasteiger partial charge is 0.405 e. The van der Waals surface area contributed by atoms with Gasteiger partial charge in [-0.1, -0.05) is 0 Å². The number of carbonyl (C=O) groups is 2. The van der Waals surface area contributed by atoms with E-state index in [-0.39, 0.29) is 6.41 Å². The van der Waals surface area contributed by atoms with Gasteiger partial charge in [0.2, 0.25) is 12.3 Å². The molecule has 0 rings (SSSR count). The number of nitrogens with one attached hydrogen (secondary N) is 2. The van der Waals surface area contributed by atoms with Crippen LogP contribution in [-0.2, 0) is 9.59 Å². The van der Waals surface area contributed by atoms with Gasteiger partial charge in [0, 0.05) is 0 Å². The molecule has 0 fully saturated rings. The first-order valence-corrected chi connectivity index (χ1v) is 3.75. The van der Waals surface area contributed by atoms with Gasteiger partial charge in [0.25, 0.3) is 0 Å². The highest BCUT2D eigenvalue weighted by Crippen LogP contribution is 2.12. The molecule has 0 aliphatic carbocycles. The Morgan fingerprint density at radius 2 is 1.86 bits per heavy atom. The van der Waals surface area contributed by atoms with Crippen LogP contribution < -0.4 is 10.6 Å². The molecule has 0 bridgehead atoms. The first kappa shape index (κ1) is 12.7. The number of halogens is 3. The SMILES string of the molecule is CC(C)(NC=O)C(=O)NCC(F)(F)F. The number of amides is 2. The van der Waals surface area contributed by atoms with Crippen molar-refractivity contribution >= 4 is 12.3 Å². The molecule has 0 aliphatic rings. The predicted octanol–water partition coefficient (Wildman–Crippen LogP) is 0.189. The number of hydrogen-bond donors (Lipinski definition) is 2. The Hall–Kier alpha value is -1.27. The first-order valence-electron chi connectivity index (χ1n) is 3.75. The lowest BCUT2D eigenvalue weighted by molar-refractivity contribution is -0.142. The van der Waals surface area contributed by atoms with Gasteiger partial charge >= 0.3 is 6.18 Å². The summed E-state index contributed by atoms with van der Waals surface area (Å²) in [6.07, 6.45) is -4.19. The van der Waals surface area contributed by atoms with Crippen molar-refractivity contribution in [2.75, 3.05) is 6.54 Å². The summed E-state index contributed by atoms with van der Waals surface area (Å²) in [4.78, 5) is 21.1. The first-order chi connectivity index (χ1) is 6.19. The van der Waals surface area contributed by atoms with Gasteiger partial charge < -0.3 is 10.6 Å². The molecule has 2 N–H and O–H groups in total. The average molecular weight is 212 g/mol. The summed E-state index contributed by atoms with van der Waals surface area (Å²) >= 11 is 0. The molecule has 0 radical (unpaired) electrons. The predicted molar refractivity (Wildman–Crippen MR) is 42.3 cm³/mol. The van der Waals surface area contributed by atoms with Crippen LogP contribution in [0.25, 0.3) is 0 Å². The van der Waals surface area contributed by atoms with Gasteiger partial charge in [0.05, 0.1) is 0 Å². The van der Waals surface area contributed by atoms with E-state index < -0.39 is 24.2 Å². The normalized spacial score (nSPS) is 12.1.